The van der Waals surface area contributed by atoms with Crippen molar-refractivity contribution >= 4 is 18.0 Å². The molecule has 0 bridgehead atoms. The van der Waals surface area contributed by atoms with E-state index in [1.807, 2.05) is 12.1 Å². The maximum absolute atomic E-state index is 11.8. The van der Waals surface area contributed by atoms with Crippen LogP contribution in [-0.4, -0.2) is 55.2 Å². The summed E-state index contributed by atoms with van der Waals surface area (Å²) in [5.74, 6) is 1.16. The topological polar surface area (TPSA) is 74.0 Å². The third kappa shape index (κ3) is 3.95. The van der Waals surface area contributed by atoms with Gasteiger partial charge in [0.1, 0.15) is 5.76 Å². The fourth-order valence-electron chi connectivity index (χ4n) is 2.33. The summed E-state index contributed by atoms with van der Waals surface area (Å²) in [6, 6.07) is 7.03. The van der Waals surface area contributed by atoms with Gasteiger partial charge in [0.25, 0.3) is 5.91 Å². The Labute approximate surface area is 134 Å². The molecule has 0 saturated carbocycles. The average molecular weight is 313 g/mol. The lowest BCUT2D eigenvalue weighted by Gasteiger charge is -2.32. The second-order valence-electron chi connectivity index (χ2n) is 5.40. The van der Waals surface area contributed by atoms with Gasteiger partial charge in [0.2, 0.25) is 0 Å². The molecule has 0 aromatic carbocycles. The summed E-state index contributed by atoms with van der Waals surface area (Å²) in [5, 5.41) is 3.92. The zero-order chi connectivity index (χ0) is 16.1. The summed E-state index contributed by atoms with van der Waals surface area (Å²) in [7, 11) is 2.11. The Morgan fingerprint density at radius 2 is 1.96 bits per heavy atom. The minimum absolute atomic E-state index is 0.283. The lowest BCUT2D eigenvalue weighted by atomic mass is 10.3. The highest BCUT2D eigenvalue weighted by atomic mass is 16.4. The van der Waals surface area contributed by atoms with Gasteiger partial charge >= 0.3 is 0 Å². The van der Waals surface area contributed by atoms with Crippen molar-refractivity contribution in [1.29, 1.82) is 0 Å². The van der Waals surface area contributed by atoms with Crippen LogP contribution in [0.1, 0.15) is 16.1 Å². The highest BCUT2D eigenvalue weighted by Gasteiger charge is 2.16. The number of nitrogens with one attached hydrogen (secondary N) is 1. The molecule has 1 aliphatic heterocycles. The number of hydrogen-bond donors (Lipinski definition) is 1. The van der Waals surface area contributed by atoms with Crippen LogP contribution in [0.4, 0.5) is 5.88 Å². The fourth-order valence-corrected chi connectivity index (χ4v) is 2.33. The van der Waals surface area contributed by atoms with Crippen molar-refractivity contribution in [1.82, 2.24) is 15.3 Å². The van der Waals surface area contributed by atoms with Crippen LogP contribution in [0.3, 0.4) is 0 Å². The van der Waals surface area contributed by atoms with Crippen LogP contribution in [0.15, 0.2) is 46.2 Å². The molecule has 0 aliphatic carbocycles. The number of carbonyl (C=O) groups is 1. The molecular weight excluding hydrogens is 294 g/mol. The molecule has 0 unspecified atom stereocenters. The molecular formula is C16H19N5O2. The minimum atomic E-state index is -0.283. The van der Waals surface area contributed by atoms with E-state index in [4.69, 9.17) is 4.42 Å². The average Bonchev–Trinajstić information content (AvgIpc) is 3.05. The first-order valence-electron chi connectivity index (χ1n) is 7.49. The first-order valence-corrected chi connectivity index (χ1v) is 7.49. The number of pyridine rings is 1. The van der Waals surface area contributed by atoms with Crippen LogP contribution in [0.2, 0.25) is 0 Å². The fraction of sp³-hybridized carbons (Fsp3) is 0.312. The van der Waals surface area contributed by atoms with Gasteiger partial charge in [-0.25, -0.2) is 5.43 Å². The number of piperazine rings is 1. The molecule has 2 aromatic heterocycles. The smallest absolute Gasteiger partial charge is 0.271 e. The van der Waals surface area contributed by atoms with Crippen molar-refractivity contribution in [3.8, 4) is 0 Å². The Kier molecular flexibility index (Phi) is 4.68. The highest BCUT2D eigenvalue weighted by molar-refractivity contribution is 5.94. The van der Waals surface area contributed by atoms with E-state index in [2.05, 4.69) is 32.4 Å². The lowest BCUT2D eigenvalue weighted by Crippen LogP contribution is -2.44. The van der Waals surface area contributed by atoms with Crippen LogP contribution in [0.5, 0.6) is 0 Å². The molecule has 0 spiro atoms. The zero-order valence-corrected chi connectivity index (χ0v) is 13.0. The molecule has 23 heavy (non-hydrogen) atoms. The lowest BCUT2D eigenvalue weighted by molar-refractivity contribution is 0.0955. The van der Waals surface area contributed by atoms with Crippen LogP contribution in [0.25, 0.3) is 0 Å². The number of aromatic nitrogens is 1. The number of nitrogens with zero attached hydrogens (tertiary/aromatic N) is 4. The van der Waals surface area contributed by atoms with E-state index in [9.17, 15) is 4.79 Å². The highest BCUT2D eigenvalue weighted by Crippen LogP contribution is 2.18. The first-order chi connectivity index (χ1) is 11.2. The molecule has 1 amide bonds. The predicted molar refractivity (Wildman–Crippen MR) is 87.7 cm³/mol. The minimum Gasteiger partial charge on any atom is -0.440 e. The Morgan fingerprint density at radius 3 is 2.70 bits per heavy atom. The quantitative estimate of drug-likeness (QED) is 0.678. The van der Waals surface area contributed by atoms with Crippen LogP contribution in [0, 0.1) is 0 Å². The monoisotopic (exact) mass is 313 g/mol. The molecule has 7 nitrogen and oxygen atoms in total. The van der Waals surface area contributed by atoms with Crippen molar-refractivity contribution in [3.63, 3.8) is 0 Å². The van der Waals surface area contributed by atoms with Gasteiger partial charge in [-0.15, -0.1) is 0 Å². The van der Waals surface area contributed by atoms with E-state index in [0.29, 0.717) is 11.3 Å². The summed E-state index contributed by atoms with van der Waals surface area (Å²) >= 11 is 0. The second-order valence-corrected chi connectivity index (χ2v) is 5.40. The van der Waals surface area contributed by atoms with Gasteiger partial charge in [-0.2, -0.15) is 5.10 Å². The van der Waals surface area contributed by atoms with Crippen LogP contribution < -0.4 is 10.3 Å². The number of carbonyl (C=O) groups excluding carboxylic acids is 1. The van der Waals surface area contributed by atoms with Crippen molar-refractivity contribution < 1.29 is 9.21 Å². The molecule has 120 valence electrons. The number of hydrazone groups is 1. The molecule has 3 heterocycles. The van der Waals surface area contributed by atoms with Crippen LogP contribution >= 0.6 is 0 Å². The summed E-state index contributed by atoms with van der Waals surface area (Å²) < 4.78 is 5.74. The Balaban J connectivity index is 1.55. The van der Waals surface area contributed by atoms with Gasteiger partial charge in [0.05, 0.1) is 6.21 Å². The molecule has 3 rings (SSSR count). The van der Waals surface area contributed by atoms with Gasteiger partial charge in [0, 0.05) is 50.2 Å². The molecule has 2 aromatic rings. The van der Waals surface area contributed by atoms with Crippen molar-refractivity contribution in [2.24, 2.45) is 5.10 Å². The molecule has 1 saturated heterocycles. The Bertz CT molecular complexity index is 675. The number of amides is 1. The summed E-state index contributed by atoms with van der Waals surface area (Å²) in [6.45, 7) is 3.93. The number of furan rings is 1. The summed E-state index contributed by atoms with van der Waals surface area (Å²) in [4.78, 5) is 20.2. The predicted octanol–water partition coefficient (Wildman–Crippen LogP) is 1.19. The van der Waals surface area contributed by atoms with Crippen molar-refractivity contribution in [2.75, 3.05) is 38.1 Å². The normalized spacial score (nSPS) is 16.0. The maximum atomic E-state index is 11.8. The maximum Gasteiger partial charge on any atom is 0.271 e. The van der Waals surface area contributed by atoms with Gasteiger partial charge in [0.15, 0.2) is 5.88 Å². The Morgan fingerprint density at radius 1 is 1.22 bits per heavy atom. The van der Waals surface area contributed by atoms with E-state index in [0.717, 1.165) is 32.1 Å². The molecule has 0 radical (unpaired) electrons. The van der Waals surface area contributed by atoms with Gasteiger partial charge in [-0.05, 0) is 25.2 Å². The molecule has 1 N–H and O–H groups in total. The third-order valence-electron chi connectivity index (χ3n) is 3.73. The van der Waals surface area contributed by atoms with E-state index < -0.39 is 0 Å². The molecule has 1 aliphatic rings. The third-order valence-corrected chi connectivity index (χ3v) is 3.73. The molecule has 1 fully saturated rings. The van der Waals surface area contributed by atoms with Crippen LogP contribution in [-0.2, 0) is 0 Å². The number of hydrogen-bond acceptors (Lipinski definition) is 6. The summed E-state index contributed by atoms with van der Waals surface area (Å²) in [6.07, 6.45) is 4.62. The second kappa shape index (κ2) is 7.06. The number of rotatable bonds is 4. The van der Waals surface area contributed by atoms with Crippen molar-refractivity contribution in [2.45, 2.75) is 0 Å². The molecule has 7 heteroatoms. The van der Waals surface area contributed by atoms with E-state index in [1.165, 1.54) is 6.21 Å². The van der Waals surface area contributed by atoms with Gasteiger partial charge < -0.3 is 14.2 Å². The van der Waals surface area contributed by atoms with Gasteiger partial charge in [-0.1, -0.05) is 0 Å². The number of anilines is 1. The standard InChI is InChI=1S/C16H19N5O2/c1-20-8-10-21(11-9-20)15-3-2-14(23-15)12-18-19-16(22)13-4-6-17-7-5-13/h2-7,12H,8-11H2,1H3,(H,19,22)/b18-12+. The Hall–Kier alpha value is -2.67. The SMILES string of the molecule is CN1CCN(c2ccc(/C=N/NC(=O)c3ccncc3)o2)CC1. The number of likely N-dealkylation sites (N-methyl/N-ethyl adjacent to an activating group) is 1. The van der Waals surface area contributed by atoms with Gasteiger partial charge in [-0.3, -0.25) is 9.78 Å². The first kappa shape index (κ1) is 15.2. The van der Waals surface area contributed by atoms with E-state index in [-0.39, 0.29) is 5.91 Å². The van der Waals surface area contributed by atoms with Crippen molar-refractivity contribution in [3.05, 3.63) is 48.0 Å². The zero-order valence-electron chi connectivity index (χ0n) is 13.0. The largest absolute Gasteiger partial charge is 0.440 e. The molecule has 0 atom stereocenters. The van der Waals surface area contributed by atoms with E-state index >= 15 is 0 Å². The van der Waals surface area contributed by atoms with E-state index in [1.54, 1.807) is 24.5 Å². The summed E-state index contributed by atoms with van der Waals surface area (Å²) in [5.41, 5.74) is 2.97.